The van der Waals surface area contributed by atoms with Crippen LogP contribution in [0, 0.1) is 0 Å². The van der Waals surface area contributed by atoms with Crippen LogP contribution < -0.4 is 5.32 Å². The van der Waals surface area contributed by atoms with Gasteiger partial charge in [-0.05, 0) is 35.2 Å². The van der Waals surface area contributed by atoms with Crippen molar-refractivity contribution in [2.45, 2.75) is 38.6 Å². The Bertz CT molecular complexity index is 618. The average molecular weight is 336 g/mol. The van der Waals surface area contributed by atoms with Crippen molar-refractivity contribution in [1.82, 2.24) is 19.5 Å². The smallest absolute Gasteiger partial charge is 0.180 e. The Morgan fingerprint density at radius 3 is 2.85 bits per heavy atom. The molecule has 1 aliphatic rings. The lowest BCUT2D eigenvalue weighted by atomic mass is 10.2. The number of halogens is 1. The molecule has 3 rings (SSSR count). The lowest BCUT2D eigenvalue weighted by Gasteiger charge is -2.12. The van der Waals surface area contributed by atoms with E-state index in [4.69, 9.17) is 4.98 Å². The highest BCUT2D eigenvalue weighted by molar-refractivity contribution is 9.10. The van der Waals surface area contributed by atoms with E-state index in [2.05, 4.69) is 42.7 Å². The minimum Gasteiger partial charge on any atom is -0.372 e. The Kier molecular flexibility index (Phi) is 3.74. The minimum atomic E-state index is 0.576. The van der Waals surface area contributed by atoms with Crippen LogP contribution in [-0.4, -0.2) is 26.6 Å². The molecule has 0 bridgehead atoms. The van der Waals surface area contributed by atoms with Gasteiger partial charge in [0.05, 0.1) is 22.7 Å². The third kappa shape index (κ3) is 2.44. The fraction of sp³-hybridized carbons (Fsp3) is 0.500. The number of imidazole rings is 1. The van der Waals surface area contributed by atoms with Crippen LogP contribution in [-0.2, 0) is 6.42 Å². The highest BCUT2D eigenvalue weighted by Crippen LogP contribution is 2.38. The monoisotopic (exact) mass is 335 g/mol. The Balaban J connectivity index is 2.08. The standard InChI is InChI=1S/C14H18BrN5/c1-3-4-10-12(15)14(16-2)19-13(18-10)11-7-17-8-20(11)9-5-6-9/h7-9H,3-6H2,1-2H3,(H,16,18,19). The van der Waals surface area contributed by atoms with E-state index < -0.39 is 0 Å². The van der Waals surface area contributed by atoms with E-state index in [0.29, 0.717) is 6.04 Å². The maximum Gasteiger partial charge on any atom is 0.180 e. The summed E-state index contributed by atoms with van der Waals surface area (Å²) in [5.74, 6) is 1.59. The van der Waals surface area contributed by atoms with Crippen molar-refractivity contribution < 1.29 is 0 Å². The molecule has 1 N–H and O–H groups in total. The summed E-state index contributed by atoms with van der Waals surface area (Å²) >= 11 is 3.59. The fourth-order valence-corrected chi connectivity index (χ4v) is 2.87. The molecule has 0 amide bonds. The predicted molar refractivity (Wildman–Crippen MR) is 82.8 cm³/mol. The van der Waals surface area contributed by atoms with Gasteiger partial charge in [0.25, 0.3) is 0 Å². The third-order valence-corrected chi connectivity index (χ3v) is 4.31. The molecule has 20 heavy (non-hydrogen) atoms. The number of hydrogen-bond acceptors (Lipinski definition) is 4. The number of nitrogens with one attached hydrogen (secondary N) is 1. The Morgan fingerprint density at radius 2 is 2.20 bits per heavy atom. The summed E-state index contributed by atoms with van der Waals surface area (Å²) < 4.78 is 3.15. The van der Waals surface area contributed by atoms with Crippen LogP contribution in [0.15, 0.2) is 17.0 Å². The molecule has 6 heteroatoms. The zero-order valence-corrected chi connectivity index (χ0v) is 13.3. The lowest BCUT2D eigenvalue weighted by Crippen LogP contribution is -2.05. The van der Waals surface area contributed by atoms with Gasteiger partial charge < -0.3 is 9.88 Å². The first kappa shape index (κ1) is 13.5. The van der Waals surface area contributed by atoms with Gasteiger partial charge in [-0.1, -0.05) is 13.3 Å². The first-order valence-electron chi connectivity index (χ1n) is 7.01. The zero-order chi connectivity index (χ0) is 14.1. The number of aromatic nitrogens is 4. The number of anilines is 1. The summed E-state index contributed by atoms with van der Waals surface area (Å²) in [6.07, 6.45) is 8.18. The van der Waals surface area contributed by atoms with Crippen LogP contribution in [0.3, 0.4) is 0 Å². The third-order valence-electron chi connectivity index (χ3n) is 3.48. The van der Waals surface area contributed by atoms with Crippen molar-refractivity contribution in [2.75, 3.05) is 12.4 Å². The van der Waals surface area contributed by atoms with Crippen LogP contribution in [0.4, 0.5) is 5.82 Å². The SMILES string of the molecule is CCCc1nc(-c2cncn2C2CC2)nc(NC)c1Br. The van der Waals surface area contributed by atoms with Crippen LogP contribution in [0.5, 0.6) is 0 Å². The zero-order valence-electron chi connectivity index (χ0n) is 11.7. The molecule has 0 radical (unpaired) electrons. The van der Waals surface area contributed by atoms with Gasteiger partial charge in [-0.15, -0.1) is 0 Å². The molecule has 1 saturated carbocycles. The number of hydrogen-bond donors (Lipinski definition) is 1. The van der Waals surface area contributed by atoms with E-state index in [9.17, 15) is 0 Å². The first-order chi connectivity index (χ1) is 9.74. The number of nitrogens with zero attached hydrogens (tertiary/aromatic N) is 4. The molecular weight excluding hydrogens is 318 g/mol. The quantitative estimate of drug-likeness (QED) is 0.909. The lowest BCUT2D eigenvalue weighted by molar-refractivity contribution is 0.741. The molecule has 5 nitrogen and oxygen atoms in total. The summed E-state index contributed by atoms with van der Waals surface area (Å²) in [6.45, 7) is 2.15. The van der Waals surface area contributed by atoms with Gasteiger partial charge in [0, 0.05) is 13.1 Å². The topological polar surface area (TPSA) is 55.6 Å². The van der Waals surface area contributed by atoms with E-state index in [1.807, 2.05) is 19.6 Å². The van der Waals surface area contributed by atoms with Gasteiger partial charge in [-0.2, -0.15) is 0 Å². The van der Waals surface area contributed by atoms with Crippen molar-refractivity contribution >= 4 is 21.7 Å². The molecule has 2 heterocycles. The highest BCUT2D eigenvalue weighted by atomic mass is 79.9. The molecular formula is C14H18BrN5. The molecule has 1 fully saturated rings. The van der Waals surface area contributed by atoms with Gasteiger partial charge in [-0.3, -0.25) is 0 Å². The number of aryl methyl sites for hydroxylation is 1. The first-order valence-corrected chi connectivity index (χ1v) is 7.80. The van der Waals surface area contributed by atoms with Crippen molar-refractivity contribution in [3.8, 4) is 11.5 Å². The van der Waals surface area contributed by atoms with E-state index >= 15 is 0 Å². The largest absolute Gasteiger partial charge is 0.372 e. The normalized spacial score (nSPS) is 14.6. The van der Waals surface area contributed by atoms with Crippen LogP contribution in [0.1, 0.15) is 37.9 Å². The summed E-state index contributed by atoms with van der Waals surface area (Å²) in [5, 5.41) is 3.13. The van der Waals surface area contributed by atoms with Crippen molar-refractivity contribution in [2.24, 2.45) is 0 Å². The summed E-state index contributed by atoms with van der Waals surface area (Å²) in [6, 6.07) is 0.576. The van der Waals surface area contributed by atoms with E-state index in [1.165, 1.54) is 12.8 Å². The van der Waals surface area contributed by atoms with Crippen LogP contribution >= 0.6 is 15.9 Å². The molecule has 0 aromatic carbocycles. The second-order valence-electron chi connectivity index (χ2n) is 5.07. The van der Waals surface area contributed by atoms with Crippen LogP contribution in [0.25, 0.3) is 11.5 Å². The van der Waals surface area contributed by atoms with Crippen molar-refractivity contribution in [3.05, 3.63) is 22.7 Å². The fourth-order valence-electron chi connectivity index (χ4n) is 2.30. The second-order valence-corrected chi connectivity index (χ2v) is 5.87. The average Bonchev–Trinajstić information content (AvgIpc) is 3.19. The van der Waals surface area contributed by atoms with E-state index in [1.54, 1.807) is 0 Å². The predicted octanol–water partition coefficient (Wildman–Crippen LogP) is 3.43. The van der Waals surface area contributed by atoms with E-state index in [-0.39, 0.29) is 0 Å². The molecule has 0 atom stereocenters. The van der Waals surface area contributed by atoms with Crippen molar-refractivity contribution in [3.63, 3.8) is 0 Å². The Labute approximate surface area is 127 Å². The molecule has 1 aliphatic carbocycles. The molecule has 106 valence electrons. The molecule has 2 aromatic rings. The van der Waals surface area contributed by atoms with Gasteiger partial charge >= 0.3 is 0 Å². The van der Waals surface area contributed by atoms with Gasteiger partial charge in [-0.25, -0.2) is 15.0 Å². The maximum absolute atomic E-state index is 4.73. The van der Waals surface area contributed by atoms with E-state index in [0.717, 1.165) is 40.3 Å². The molecule has 0 aliphatic heterocycles. The van der Waals surface area contributed by atoms with Crippen molar-refractivity contribution in [1.29, 1.82) is 0 Å². The summed E-state index contributed by atoms with van der Waals surface area (Å²) in [5.41, 5.74) is 2.05. The summed E-state index contributed by atoms with van der Waals surface area (Å²) in [4.78, 5) is 13.6. The van der Waals surface area contributed by atoms with Gasteiger partial charge in [0.2, 0.25) is 0 Å². The Morgan fingerprint density at radius 1 is 1.40 bits per heavy atom. The van der Waals surface area contributed by atoms with Gasteiger partial charge in [0.15, 0.2) is 5.82 Å². The molecule has 0 unspecified atom stereocenters. The molecule has 0 spiro atoms. The van der Waals surface area contributed by atoms with Crippen LogP contribution in [0.2, 0.25) is 0 Å². The maximum atomic E-state index is 4.73. The van der Waals surface area contributed by atoms with Gasteiger partial charge in [0.1, 0.15) is 11.5 Å². The highest BCUT2D eigenvalue weighted by Gasteiger charge is 2.27. The summed E-state index contributed by atoms with van der Waals surface area (Å²) in [7, 11) is 1.88. The molecule has 2 aromatic heterocycles. The molecule has 0 saturated heterocycles. The number of rotatable bonds is 5. The Hall–Kier alpha value is -1.43. The minimum absolute atomic E-state index is 0.576. The second kappa shape index (κ2) is 5.52.